The second-order valence-electron chi connectivity index (χ2n) is 3.84. The van der Waals surface area contributed by atoms with Crippen LogP contribution < -0.4 is 4.74 Å². The fourth-order valence-electron chi connectivity index (χ4n) is 2.04. The number of aromatic nitrogens is 2. The summed E-state index contributed by atoms with van der Waals surface area (Å²) in [6.07, 6.45) is 5.51. The van der Waals surface area contributed by atoms with Crippen molar-refractivity contribution in [2.75, 3.05) is 6.61 Å². The van der Waals surface area contributed by atoms with E-state index in [0.717, 1.165) is 36.5 Å². The number of nitrogens with zero attached hydrogens (tertiary/aromatic N) is 2. The molecule has 0 saturated heterocycles. The Bertz CT molecular complexity index is 497. The van der Waals surface area contributed by atoms with Crippen LogP contribution in [0, 0.1) is 0 Å². The minimum absolute atomic E-state index is 0.801. The first kappa shape index (κ1) is 9.33. The van der Waals surface area contributed by atoms with Crippen molar-refractivity contribution in [2.24, 2.45) is 0 Å². The molecule has 0 spiro atoms. The monoisotopic (exact) mass is 212 g/mol. The van der Waals surface area contributed by atoms with Crippen LogP contribution in [-0.4, -0.2) is 16.6 Å². The molecule has 3 nitrogen and oxygen atoms in total. The van der Waals surface area contributed by atoms with Crippen molar-refractivity contribution in [2.45, 2.75) is 12.8 Å². The van der Waals surface area contributed by atoms with Gasteiger partial charge in [0.25, 0.3) is 0 Å². The molecule has 0 radical (unpaired) electrons. The van der Waals surface area contributed by atoms with Gasteiger partial charge in [-0.2, -0.15) is 0 Å². The lowest BCUT2D eigenvalue weighted by molar-refractivity contribution is 0.289. The molecule has 1 aliphatic heterocycles. The van der Waals surface area contributed by atoms with Crippen LogP contribution in [-0.2, 0) is 6.42 Å². The first-order valence-electron chi connectivity index (χ1n) is 5.46. The van der Waals surface area contributed by atoms with Crippen LogP contribution in [0.1, 0.15) is 12.0 Å². The Morgan fingerprint density at radius 1 is 1.19 bits per heavy atom. The standard InChI is InChI=1S/C13H12N2O/c1-3-10-4-2-8-16-13(10)11(5-1)12-6-7-14-9-15-12/h1,3,5-7,9H,2,4,8H2. The maximum Gasteiger partial charge on any atom is 0.131 e. The summed E-state index contributed by atoms with van der Waals surface area (Å²) < 4.78 is 5.75. The van der Waals surface area contributed by atoms with Crippen molar-refractivity contribution >= 4 is 0 Å². The van der Waals surface area contributed by atoms with Crippen molar-refractivity contribution in [3.63, 3.8) is 0 Å². The molecule has 1 aromatic heterocycles. The second kappa shape index (κ2) is 3.93. The highest BCUT2D eigenvalue weighted by molar-refractivity contribution is 5.69. The van der Waals surface area contributed by atoms with E-state index in [4.69, 9.17) is 4.74 Å². The van der Waals surface area contributed by atoms with Gasteiger partial charge in [-0.25, -0.2) is 9.97 Å². The van der Waals surface area contributed by atoms with Crippen LogP contribution in [0.15, 0.2) is 36.8 Å². The summed E-state index contributed by atoms with van der Waals surface area (Å²) >= 11 is 0. The van der Waals surface area contributed by atoms with Gasteiger partial charge in [0.2, 0.25) is 0 Å². The van der Waals surface area contributed by atoms with Gasteiger partial charge in [0.05, 0.1) is 12.3 Å². The first-order valence-corrected chi connectivity index (χ1v) is 5.46. The van der Waals surface area contributed by atoms with Gasteiger partial charge in [-0.15, -0.1) is 0 Å². The van der Waals surface area contributed by atoms with Crippen molar-refractivity contribution in [1.29, 1.82) is 0 Å². The molecule has 0 aliphatic carbocycles. The third kappa shape index (κ3) is 1.54. The Kier molecular flexibility index (Phi) is 2.29. The summed E-state index contributed by atoms with van der Waals surface area (Å²) in [5.41, 5.74) is 3.27. The van der Waals surface area contributed by atoms with E-state index in [2.05, 4.69) is 22.1 Å². The Morgan fingerprint density at radius 3 is 3.06 bits per heavy atom. The zero-order valence-corrected chi connectivity index (χ0v) is 8.89. The highest BCUT2D eigenvalue weighted by Gasteiger charge is 2.15. The van der Waals surface area contributed by atoms with Crippen LogP contribution >= 0.6 is 0 Å². The molecule has 16 heavy (non-hydrogen) atoms. The van der Waals surface area contributed by atoms with Crippen LogP contribution in [0.25, 0.3) is 11.3 Å². The van der Waals surface area contributed by atoms with Gasteiger partial charge in [-0.3, -0.25) is 0 Å². The Labute approximate surface area is 94.1 Å². The molecule has 3 heteroatoms. The zero-order valence-electron chi connectivity index (χ0n) is 8.89. The van der Waals surface area contributed by atoms with Gasteiger partial charge in [0, 0.05) is 11.8 Å². The van der Waals surface area contributed by atoms with E-state index in [1.807, 2.05) is 12.1 Å². The lowest BCUT2D eigenvalue weighted by Gasteiger charge is -2.19. The fourth-order valence-corrected chi connectivity index (χ4v) is 2.04. The molecule has 2 aromatic rings. The summed E-state index contributed by atoms with van der Waals surface area (Å²) in [5.74, 6) is 0.993. The van der Waals surface area contributed by atoms with Gasteiger partial charge in [-0.05, 0) is 30.5 Å². The van der Waals surface area contributed by atoms with Crippen molar-refractivity contribution in [1.82, 2.24) is 9.97 Å². The predicted molar refractivity (Wildman–Crippen MR) is 61.3 cm³/mol. The molecule has 0 amide bonds. The minimum Gasteiger partial charge on any atom is -0.493 e. The molecule has 0 N–H and O–H groups in total. The van der Waals surface area contributed by atoms with Gasteiger partial charge in [-0.1, -0.05) is 12.1 Å². The molecule has 1 aromatic carbocycles. The number of para-hydroxylation sites is 1. The average Bonchev–Trinajstić information content (AvgIpc) is 2.39. The molecule has 0 saturated carbocycles. The van der Waals surface area contributed by atoms with Crippen LogP contribution in [0.2, 0.25) is 0 Å². The SMILES string of the molecule is c1cc2c(c(-c3ccncn3)c1)OCCC2. The van der Waals surface area contributed by atoms with Crippen molar-refractivity contribution < 1.29 is 4.74 Å². The smallest absolute Gasteiger partial charge is 0.131 e. The molecular weight excluding hydrogens is 200 g/mol. The quantitative estimate of drug-likeness (QED) is 0.728. The highest BCUT2D eigenvalue weighted by atomic mass is 16.5. The third-order valence-corrected chi connectivity index (χ3v) is 2.79. The lowest BCUT2D eigenvalue weighted by Crippen LogP contribution is -2.09. The molecule has 1 aliphatic rings. The molecule has 80 valence electrons. The van der Waals surface area contributed by atoms with Gasteiger partial charge in [0.1, 0.15) is 12.1 Å². The van der Waals surface area contributed by atoms with E-state index in [1.54, 1.807) is 12.5 Å². The Morgan fingerprint density at radius 2 is 2.19 bits per heavy atom. The van der Waals surface area contributed by atoms with E-state index >= 15 is 0 Å². The average molecular weight is 212 g/mol. The second-order valence-corrected chi connectivity index (χ2v) is 3.84. The molecule has 0 unspecified atom stereocenters. The third-order valence-electron chi connectivity index (χ3n) is 2.79. The van der Waals surface area contributed by atoms with E-state index in [9.17, 15) is 0 Å². The maximum absolute atomic E-state index is 5.75. The first-order chi connectivity index (χ1) is 7.95. The fraction of sp³-hybridized carbons (Fsp3) is 0.231. The van der Waals surface area contributed by atoms with Crippen molar-refractivity contribution in [3.8, 4) is 17.0 Å². The largest absolute Gasteiger partial charge is 0.493 e. The lowest BCUT2D eigenvalue weighted by atomic mass is 10.0. The van der Waals surface area contributed by atoms with E-state index in [1.165, 1.54) is 5.56 Å². The Balaban J connectivity index is 2.14. The molecule has 0 atom stereocenters. The summed E-state index contributed by atoms with van der Waals surface area (Å²) in [6, 6.07) is 8.14. The molecule has 2 heterocycles. The van der Waals surface area contributed by atoms with Crippen molar-refractivity contribution in [3.05, 3.63) is 42.4 Å². The Hall–Kier alpha value is -1.90. The zero-order chi connectivity index (χ0) is 10.8. The maximum atomic E-state index is 5.75. The number of rotatable bonds is 1. The summed E-state index contributed by atoms with van der Waals surface area (Å²) in [7, 11) is 0. The summed E-state index contributed by atoms with van der Waals surface area (Å²) in [6.45, 7) is 0.801. The number of fused-ring (bicyclic) bond motifs is 1. The molecule has 0 bridgehead atoms. The molecule has 3 rings (SSSR count). The number of hydrogen-bond donors (Lipinski definition) is 0. The number of benzene rings is 1. The molecular formula is C13H12N2O. The topological polar surface area (TPSA) is 35.0 Å². The molecule has 0 fully saturated rings. The predicted octanol–water partition coefficient (Wildman–Crippen LogP) is 2.47. The van der Waals surface area contributed by atoms with E-state index in [-0.39, 0.29) is 0 Å². The highest BCUT2D eigenvalue weighted by Crippen LogP contribution is 2.34. The van der Waals surface area contributed by atoms with Gasteiger partial charge < -0.3 is 4.74 Å². The van der Waals surface area contributed by atoms with Crippen LogP contribution in [0.3, 0.4) is 0 Å². The van der Waals surface area contributed by atoms with Gasteiger partial charge in [0.15, 0.2) is 0 Å². The summed E-state index contributed by atoms with van der Waals surface area (Å²) in [4.78, 5) is 8.20. The summed E-state index contributed by atoms with van der Waals surface area (Å²) in [5, 5.41) is 0. The minimum atomic E-state index is 0.801. The van der Waals surface area contributed by atoms with Crippen LogP contribution in [0.5, 0.6) is 5.75 Å². The van der Waals surface area contributed by atoms with E-state index < -0.39 is 0 Å². The normalized spacial score (nSPS) is 14.0. The number of hydrogen-bond acceptors (Lipinski definition) is 3. The van der Waals surface area contributed by atoms with Gasteiger partial charge >= 0.3 is 0 Å². The number of ether oxygens (including phenoxy) is 1. The van der Waals surface area contributed by atoms with E-state index in [0.29, 0.717) is 0 Å². The number of aryl methyl sites for hydroxylation is 1. The van der Waals surface area contributed by atoms with Crippen LogP contribution in [0.4, 0.5) is 0 Å².